The van der Waals surface area contributed by atoms with Gasteiger partial charge in [-0.15, -0.1) is 0 Å². The van der Waals surface area contributed by atoms with Crippen LogP contribution in [0.15, 0.2) is 61.8 Å². The van der Waals surface area contributed by atoms with Gasteiger partial charge in [-0.1, -0.05) is 61.3 Å². The van der Waals surface area contributed by atoms with Gasteiger partial charge in [-0.2, -0.15) is 0 Å². The summed E-state index contributed by atoms with van der Waals surface area (Å²) in [6.07, 6.45) is 2.17. The van der Waals surface area contributed by atoms with E-state index in [0.29, 0.717) is 63.3 Å². The van der Waals surface area contributed by atoms with E-state index in [1.165, 1.54) is 0 Å². The fraction of sp³-hybridized carbons (Fsp3) is 0.406. The van der Waals surface area contributed by atoms with E-state index >= 15 is 0 Å². The standard InChI is InChI=1S/C32H33Br2ClN2O4/c1-16-6-7-18(10-21(16)35)36-26(40)15-41-30-19(8-17(33)9-20(30)34)27-28-22(11-31(2,3)13-24(28)38)37-23-12-32(4,5)14-25(39)29(23)27/h6-10,27,37H,11-15H2,1-5H3,(H,36,40). The minimum Gasteiger partial charge on any atom is -0.482 e. The van der Waals surface area contributed by atoms with Crippen molar-refractivity contribution in [2.24, 2.45) is 10.8 Å². The van der Waals surface area contributed by atoms with Gasteiger partial charge >= 0.3 is 0 Å². The fourth-order valence-electron chi connectivity index (χ4n) is 6.15. The van der Waals surface area contributed by atoms with Gasteiger partial charge in [0, 0.05) is 62.0 Å². The Hall–Kier alpha value is -2.42. The first-order valence-electron chi connectivity index (χ1n) is 13.6. The Labute approximate surface area is 262 Å². The number of hydrogen-bond donors (Lipinski definition) is 2. The number of dihydropyridines is 1. The molecule has 0 bridgehead atoms. The van der Waals surface area contributed by atoms with Crippen LogP contribution in [0.5, 0.6) is 5.75 Å². The zero-order valence-electron chi connectivity index (χ0n) is 23.8. The molecule has 0 fully saturated rings. The highest BCUT2D eigenvalue weighted by Crippen LogP contribution is 2.53. The number of hydrogen-bond acceptors (Lipinski definition) is 5. The van der Waals surface area contributed by atoms with Crippen molar-refractivity contribution in [3.63, 3.8) is 0 Å². The Morgan fingerprint density at radius 2 is 1.56 bits per heavy atom. The molecule has 2 aliphatic carbocycles. The minimum absolute atomic E-state index is 0.0222. The van der Waals surface area contributed by atoms with Gasteiger partial charge in [0.15, 0.2) is 18.2 Å². The summed E-state index contributed by atoms with van der Waals surface area (Å²) in [6, 6.07) is 9.03. The maximum Gasteiger partial charge on any atom is 0.262 e. The second-order valence-electron chi connectivity index (χ2n) is 12.8. The molecule has 0 unspecified atom stereocenters. The third kappa shape index (κ3) is 6.20. The van der Waals surface area contributed by atoms with Crippen molar-refractivity contribution in [1.82, 2.24) is 5.32 Å². The molecule has 1 amide bonds. The van der Waals surface area contributed by atoms with Crippen molar-refractivity contribution >= 4 is 66.6 Å². The van der Waals surface area contributed by atoms with E-state index in [4.69, 9.17) is 16.3 Å². The maximum absolute atomic E-state index is 13.8. The van der Waals surface area contributed by atoms with Crippen LogP contribution in [0.2, 0.25) is 5.02 Å². The summed E-state index contributed by atoms with van der Waals surface area (Å²) in [5, 5.41) is 6.92. The Bertz CT molecular complexity index is 1500. The lowest BCUT2D eigenvalue weighted by atomic mass is 9.64. The molecule has 3 aliphatic rings. The largest absolute Gasteiger partial charge is 0.482 e. The minimum atomic E-state index is -0.601. The van der Waals surface area contributed by atoms with Gasteiger partial charge in [0.1, 0.15) is 5.75 Å². The van der Waals surface area contributed by atoms with Crippen molar-refractivity contribution in [3.8, 4) is 5.75 Å². The summed E-state index contributed by atoms with van der Waals surface area (Å²) >= 11 is 13.4. The number of ether oxygens (including phenoxy) is 1. The first-order chi connectivity index (χ1) is 19.1. The van der Waals surface area contributed by atoms with E-state index in [2.05, 4.69) is 70.2 Å². The fourth-order valence-corrected chi connectivity index (χ4v) is 7.71. The molecule has 2 aromatic carbocycles. The van der Waals surface area contributed by atoms with Crippen molar-refractivity contribution < 1.29 is 19.1 Å². The molecule has 2 aromatic rings. The lowest BCUT2D eigenvalue weighted by Crippen LogP contribution is -2.42. The van der Waals surface area contributed by atoms with Gasteiger partial charge in [0.2, 0.25) is 0 Å². The number of benzene rings is 2. The summed E-state index contributed by atoms with van der Waals surface area (Å²) in [4.78, 5) is 40.4. The van der Waals surface area contributed by atoms with Gasteiger partial charge in [0.25, 0.3) is 5.91 Å². The molecule has 0 radical (unpaired) electrons. The Kier molecular flexibility index (Phi) is 8.07. The van der Waals surface area contributed by atoms with Gasteiger partial charge in [-0.3, -0.25) is 14.4 Å². The number of halogens is 3. The average molecular weight is 705 g/mol. The summed E-state index contributed by atoms with van der Waals surface area (Å²) in [5.74, 6) is -0.493. The van der Waals surface area contributed by atoms with E-state index in [1.54, 1.807) is 12.1 Å². The second-order valence-corrected chi connectivity index (χ2v) is 15.0. The van der Waals surface area contributed by atoms with Gasteiger partial charge in [-0.05, 0) is 76.4 Å². The monoisotopic (exact) mass is 702 g/mol. The molecule has 2 N–H and O–H groups in total. The number of rotatable bonds is 5. The number of carbonyl (C=O) groups excluding carboxylic acids is 3. The molecular weight excluding hydrogens is 672 g/mol. The summed E-state index contributed by atoms with van der Waals surface area (Å²) in [7, 11) is 0. The Morgan fingerprint density at radius 1 is 0.976 bits per heavy atom. The summed E-state index contributed by atoms with van der Waals surface area (Å²) in [5.41, 5.74) is 4.72. The van der Waals surface area contributed by atoms with Gasteiger partial charge in [-0.25, -0.2) is 0 Å². The van der Waals surface area contributed by atoms with E-state index in [-0.39, 0.29) is 34.9 Å². The molecule has 1 aliphatic heterocycles. The first-order valence-corrected chi connectivity index (χ1v) is 15.6. The van der Waals surface area contributed by atoms with E-state index in [1.807, 2.05) is 25.1 Å². The number of aryl methyl sites for hydroxylation is 1. The first kappa shape index (κ1) is 30.1. The van der Waals surface area contributed by atoms with Crippen molar-refractivity contribution in [2.75, 3.05) is 11.9 Å². The molecule has 1 heterocycles. The van der Waals surface area contributed by atoms with Crippen molar-refractivity contribution in [2.45, 2.75) is 66.2 Å². The zero-order valence-corrected chi connectivity index (χ0v) is 27.7. The van der Waals surface area contributed by atoms with Crippen molar-refractivity contribution in [3.05, 3.63) is 78.0 Å². The van der Waals surface area contributed by atoms with Crippen LogP contribution in [0, 0.1) is 17.8 Å². The van der Waals surface area contributed by atoms with Gasteiger partial charge < -0.3 is 15.4 Å². The molecule has 9 heteroatoms. The number of allylic oxidation sites excluding steroid dienone is 4. The number of Topliss-reactive ketones (excluding diaryl/α,β-unsaturated/α-hetero) is 2. The molecule has 0 atom stereocenters. The lowest BCUT2D eigenvalue weighted by molar-refractivity contribution is -0.120. The lowest BCUT2D eigenvalue weighted by Gasteiger charge is -2.44. The molecule has 0 saturated heterocycles. The van der Waals surface area contributed by atoms with E-state index in [9.17, 15) is 14.4 Å². The third-order valence-corrected chi connectivity index (χ3v) is 9.32. The summed E-state index contributed by atoms with van der Waals surface area (Å²) in [6.45, 7) is 9.99. The Balaban J connectivity index is 1.56. The average Bonchev–Trinajstić information content (AvgIpc) is 2.82. The maximum atomic E-state index is 13.8. The predicted octanol–water partition coefficient (Wildman–Crippen LogP) is 8.16. The highest BCUT2D eigenvalue weighted by atomic mass is 79.9. The quantitative estimate of drug-likeness (QED) is 0.328. The molecule has 41 heavy (non-hydrogen) atoms. The number of anilines is 1. The molecule has 5 rings (SSSR count). The number of carbonyl (C=O) groups is 3. The highest BCUT2D eigenvalue weighted by molar-refractivity contribution is 9.11. The Morgan fingerprint density at radius 3 is 2.12 bits per heavy atom. The number of nitrogens with one attached hydrogen (secondary N) is 2. The SMILES string of the molecule is Cc1ccc(NC(=O)COc2c(Br)cc(Br)cc2C2C3=C(CC(C)(C)CC3=O)NC3=C2C(=O)CC(C)(C)C3)cc1Cl. The summed E-state index contributed by atoms with van der Waals surface area (Å²) < 4.78 is 7.55. The number of amides is 1. The van der Waals surface area contributed by atoms with Crippen LogP contribution < -0.4 is 15.4 Å². The molecule has 6 nitrogen and oxygen atoms in total. The van der Waals surface area contributed by atoms with Crippen LogP contribution in [0.25, 0.3) is 0 Å². The third-order valence-electron chi connectivity index (χ3n) is 7.87. The van der Waals surface area contributed by atoms with E-state index in [0.717, 1.165) is 21.4 Å². The molecule has 0 spiro atoms. The van der Waals surface area contributed by atoms with Crippen LogP contribution in [-0.2, 0) is 14.4 Å². The molecule has 216 valence electrons. The van der Waals surface area contributed by atoms with Crippen LogP contribution in [0.3, 0.4) is 0 Å². The second kappa shape index (κ2) is 11.0. The van der Waals surface area contributed by atoms with Crippen LogP contribution in [0.4, 0.5) is 5.69 Å². The zero-order chi connectivity index (χ0) is 29.9. The van der Waals surface area contributed by atoms with Crippen LogP contribution >= 0.6 is 43.5 Å². The smallest absolute Gasteiger partial charge is 0.262 e. The topological polar surface area (TPSA) is 84.5 Å². The highest BCUT2D eigenvalue weighted by Gasteiger charge is 2.47. The van der Waals surface area contributed by atoms with Crippen LogP contribution in [-0.4, -0.2) is 24.1 Å². The van der Waals surface area contributed by atoms with Crippen LogP contribution in [0.1, 0.15) is 70.4 Å². The predicted molar refractivity (Wildman–Crippen MR) is 168 cm³/mol. The van der Waals surface area contributed by atoms with Gasteiger partial charge in [0.05, 0.1) is 4.47 Å². The van der Waals surface area contributed by atoms with Crippen molar-refractivity contribution in [1.29, 1.82) is 0 Å². The molecular formula is C32H33Br2ClN2O4. The van der Waals surface area contributed by atoms with E-state index < -0.39 is 5.92 Å². The molecule has 0 aromatic heterocycles. The molecule has 0 saturated carbocycles. The number of ketones is 2. The normalized spacial score (nSPS) is 19.9.